The van der Waals surface area contributed by atoms with Crippen LogP contribution in [-0.4, -0.2) is 32.9 Å². The van der Waals surface area contributed by atoms with Crippen molar-refractivity contribution in [3.63, 3.8) is 0 Å². The third kappa shape index (κ3) is 2.45. The number of anilines is 2. The number of hydrogen-bond acceptors (Lipinski definition) is 5. The van der Waals surface area contributed by atoms with Crippen molar-refractivity contribution >= 4 is 17.4 Å². The topological polar surface area (TPSA) is 84.7 Å². The molecular formula is C11H14N6O. The fourth-order valence-electron chi connectivity index (χ4n) is 1.51. The molecule has 94 valence electrons. The van der Waals surface area contributed by atoms with Gasteiger partial charge >= 0.3 is 0 Å². The molecule has 2 N–H and O–H groups in total. The van der Waals surface area contributed by atoms with Crippen LogP contribution in [0.2, 0.25) is 0 Å². The molecule has 0 fully saturated rings. The molecule has 2 aromatic heterocycles. The molecule has 0 aliphatic carbocycles. The lowest BCUT2D eigenvalue weighted by Crippen LogP contribution is -2.19. The maximum absolute atomic E-state index is 11.3. The number of rotatable bonds is 3. The first kappa shape index (κ1) is 12.0. The molecule has 0 bridgehead atoms. The normalized spacial score (nSPS) is 10.2. The summed E-state index contributed by atoms with van der Waals surface area (Å²) in [4.78, 5) is 11.3. The van der Waals surface area contributed by atoms with E-state index in [4.69, 9.17) is 0 Å². The number of nitrogens with one attached hydrogen (secondary N) is 2. The average Bonchev–Trinajstić information content (AvgIpc) is 2.68. The second-order valence-corrected chi connectivity index (χ2v) is 3.81. The summed E-state index contributed by atoms with van der Waals surface area (Å²) in [6, 6.07) is 3.31. The Morgan fingerprint density at radius 2 is 2.11 bits per heavy atom. The van der Waals surface area contributed by atoms with Crippen molar-refractivity contribution in [1.29, 1.82) is 0 Å². The maximum atomic E-state index is 11.3. The number of amides is 1. The highest BCUT2D eigenvalue weighted by Gasteiger charge is 2.07. The Balaban J connectivity index is 2.16. The molecule has 0 spiro atoms. The highest BCUT2D eigenvalue weighted by Crippen LogP contribution is 2.16. The van der Waals surface area contributed by atoms with Gasteiger partial charge in [-0.2, -0.15) is 5.10 Å². The molecule has 18 heavy (non-hydrogen) atoms. The maximum Gasteiger partial charge on any atom is 0.271 e. The summed E-state index contributed by atoms with van der Waals surface area (Å²) in [5.74, 6) is 0.311. The monoisotopic (exact) mass is 246 g/mol. The Kier molecular flexibility index (Phi) is 3.22. The Bertz CT molecular complexity index is 559. The summed E-state index contributed by atoms with van der Waals surface area (Å²) in [5.41, 5.74) is 2.01. The largest absolute Gasteiger partial charge is 0.354 e. The van der Waals surface area contributed by atoms with Gasteiger partial charge in [0.15, 0.2) is 11.5 Å². The van der Waals surface area contributed by atoms with Gasteiger partial charge in [-0.15, -0.1) is 10.2 Å². The predicted molar refractivity (Wildman–Crippen MR) is 66.6 cm³/mol. The zero-order valence-electron chi connectivity index (χ0n) is 10.4. The van der Waals surface area contributed by atoms with Crippen LogP contribution in [0.5, 0.6) is 0 Å². The number of carbonyl (C=O) groups is 1. The minimum absolute atomic E-state index is 0.258. The van der Waals surface area contributed by atoms with Crippen LogP contribution < -0.4 is 10.6 Å². The second kappa shape index (κ2) is 4.82. The molecule has 0 saturated carbocycles. The van der Waals surface area contributed by atoms with E-state index in [1.807, 2.05) is 20.2 Å². The summed E-state index contributed by atoms with van der Waals surface area (Å²) in [5, 5.41) is 17.5. The number of aryl methyl sites for hydroxylation is 2. The first-order valence-corrected chi connectivity index (χ1v) is 5.43. The highest BCUT2D eigenvalue weighted by atomic mass is 16.1. The van der Waals surface area contributed by atoms with Crippen LogP contribution in [0.4, 0.5) is 11.5 Å². The smallest absolute Gasteiger partial charge is 0.271 e. The van der Waals surface area contributed by atoms with Gasteiger partial charge in [0.2, 0.25) is 0 Å². The van der Waals surface area contributed by atoms with Crippen molar-refractivity contribution in [1.82, 2.24) is 25.3 Å². The Hall–Kier alpha value is -2.44. The van der Waals surface area contributed by atoms with E-state index in [0.717, 1.165) is 11.4 Å². The molecule has 1 amide bonds. The van der Waals surface area contributed by atoms with Gasteiger partial charge in [0.25, 0.3) is 5.91 Å². The summed E-state index contributed by atoms with van der Waals surface area (Å²) in [7, 11) is 3.40. The van der Waals surface area contributed by atoms with Crippen LogP contribution in [0, 0.1) is 6.92 Å². The van der Waals surface area contributed by atoms with Crippen LogP contribution in [0.1, 0.15) is 16.2 Å². The van der Waals surface area contributed by atoms with Crippen LogP contribution in [0.15, 0.2) is 18.3 Å². The van der Waals surface area contributed by atoms with Gasteiger partial charge in [0, 0.05) is 20.3 Å². The molecule has 2 aromatic rings. The molecule has 0 saturated heterocycles. The molecule has 0 radical (unpaired) electrons. The molecule has 2 heterocycles. The number of aromatic nitrogens is 4. The van der Waals surface area contributed by atoms with Gasteiger partial charge in [-0.25, -0.2) is 0 Å². The summed E-state index contributed by atoms with van der Waals surface area (Å²) in [6.45, 7) is 1.90. The lowest BCUT2D eigenvalue weighted by atomic mass is 10.3. The van der Waals surface area contributed by atoms with E-state index in [9.17, 15) is 4.79 Å². The molecule has 0 aliphatic heterocycles. The van der Waals surface area contributed by atoms with Crippen LogP contribution in [-0.2, 0) is 7.05 Å². The number of carbonyl (C=O) groups excluding carboxylic acids is 1. The number of nitrogens with zero attached hydrogens (tertiary/aromatic N) is 4. The van der Waals surface area contributed by atoms with Gasteiger partial charge < -0.3 is 10.6 Å². The summed E-state index contributed by atoms with van der Waals surface area (Å²) in [6.07, 6.45) is 1.85. The SMILES string of the molecule is CNC(=O)c1ccc(Nc2cn(C)nc2C)nn1. The summed E-state index contributed by atoms with van der Waals surface area (Å²) < 4.78 is 1.71. The van der Waals surface area contributed by atoms with Gasteiger partial charge in [0.05, 0.1) is 11.4 Å². The zero-order chi connectivity index (χ0) is 13.1. The molecule has 7 nitrogen and oxygen atoms in total. The first-order chi connectivity index (χ1) is 8.60. The molecule has 2 rings (SSSR count). The van der Waals surface area contributed by atoms with E-state index in [-0.39, 0.29) is 11.6 Å². The van der Waals surface area contributed by atoms with Gasteiger partial charge in [-0.3, -0.25) is 9.48 Å². The predicted octanol–water partition coefficient (Wildman–Crippen LogP) is 0.622. The average molecular weight is 246 g/mol. The standard InChI is InChI=1S/C11H14N6O/c1-7-9(6-17(3)16-7)13-10-5-4-8(14-15-10)11(18)12-2/h4-6H,1-3H3,(H,12,18)(H,13,15). The van der Waals surface area contributed by atoms with E-state index in [1.165, 1.54) is 0 Å². The van der Waals surface area contributed by atoms with Crippen LogP contribution >= 0.6 is 0 Å². The minimum atomic E-state index is -0.258. The Morgan fingerprint density at radius 3 is 2.61 bits per heavy atom. The zero-order valence-corrected chi connectivity index (χ0v) is 10.4. The minimum Gasteiger partial charge on any atom is -0.354 e. The van der Waals surface area contributed by atoms with E-state index in [0.29, 0.717) is 5.82 Å². The molecule has 7 heteroatoms. The molecule has 0 atom stereocenters. The molecular weight excluding hydrogens is 232 g/mol. The molecule has 0 aromatic carbocycles. The Labute approximate surface area is 104 Å². The fourth-order valence-corrected chi connectivity index (χ4v) is 1.51. The van der Waals surface area contributed by atoms with Crippen molar-refractivity contribution in [3.05, 3.63) is 29.7 Å². The van der Waals surface area contributed by atoms with Gasteiger partial charge in [-0.05, 0) is 19.1 Å². The summed E-state index contributed by atoms with van der Waals surface area (Å²) >= 11 is 0. The van der Waals surface area contributed by atoms with Crippen LogP contribution in [0.25, 0.3) is 0 Å². The third-order valence-electron chi connectivity index (χ3n) is 2.40. The van der Waals surface area contributed by atoms with E-state index in [2.05, 4.69) is 25.9 Å². The lowest BCUT2D eigenvalue weighted by Gasteiger charge is -2.03. The van der Waals surface area contributed by atoms with Crippen LogP contribution in [0.3, 0.4) is 0 Å². The molecule has 0 unspecified atom stereocenters. The van der Waals surface area contributed by atoms with Crippen molar-refractivity contribution in [3.8, 4) is 0 Å². The van der Waals surface area contributed by atoms with Crippen molar-refractivity contribution in [2.45, 2.75) is 6.92 Å². The van der Waals surface area contributed by atoms with E-state index >= 15 is 0 Å². The molecule has 0 aliphatic rings. The third-order valence-corrected chi connectivity index (χ3v) is 2.40. The van der Waals surface area contributed by atoms with Crippen molar-refractivity contribution < 1.29 is 4.79 Å². The van der Waals surface area contributed by atoms with Gasteiger partial charge in [0.1, 0.15) is 0 Å². The van der Waals surface area contributed by atoms with Crippen molar-refractivity contribution in [2.75, 3.05) is 12.4 Å². The first-order valence-electron chi connectivity index (χ1n) is 5.43. The Morgan fingerprint density at radius 1 is 1.33 bits per heavy atom. The fraction of sp³-hybridized carbons (Fsp3) is 0.273. The van der Waals surface area contributed by atoms with E-state index in [1.54, 1.807) is 23.9 Å². The lowest BCUT2D eigenvalue weighted by molar-refractivity contribution is 0.0957. The second-order valence-electron chi connectivity index (χ2n) is 3.81. The van der Waals surface area contributed by atoms with E-state index < -0.39 is 0 Å². The number of hydrogen-bond donors (Lipinski definition) is 2. The van der Waals surface area contributed by atoms with Gasteiger partial charge in [-0.1, -0.05) is 0 Å². The quantitative estimate of drug-likeness (QED) is 0.829. The van der Waals surface area contributed by atoms with Crippen molar-refractivity contribution in [2.24, 2.45) is 7.05 Å². The highest BCUT2D eigenvalue weighted by molar-refractivity contribution is 5.91.